The van der Waals surface area contributed by atoms with Crippen molar-refractivity contribution in [2.45, 2.75) is 13.0 Å². The lowest BCUT2D eigenvalue weighted by atomic mass is 10.1. The highest BCUT2D eigenvalue weighted by atomic mass is 79.9. The van der Waals surface area contributed by atoms with Gasteiger partial charge in [0.25, 0.3) is 11.8 Å². The Morgan fingerprint density at radius 2 is 1.85 bits per heavy atom. The molecule has 0 aromatic heterocycles. The number of hydrogen-bond acceptors (Lipinski definition) is 5. The summed E-state index contributed by atoms with van der Waals surface area (Å²) in [5, 5.41) is 0. The van der Waals surface area contributed by atoms with Gasteiger partial charge in [0, 0.05) is 24.7 Å². The maximum absolute atomic E-state index is 12.5. The van der Waals surface area contributed by atoms with Crippen LogP contribution < -0.4 is 0 Å². The van der Waals surface area contributed by atoms with E-state index < -0.39 is 11.9 Å². The molecule has 2 amide bonds. The van der Waals surface area contributed by atoms with Gasteiger partial charge in [-0.2, -0.15) is 0 Å². The number of ether oxygens (including phenoxy) is 2. The predicted octanol–water partition coefficient (Wildman–Crippen LogP) is 3.44. The SMILES string of the molecule is COCCCN1C(=O)c2ccc(C(=O)OCc3cccc(Br)c3)cc2C1=O. The number of halogens is 1. The summed E-state index contributed by atoms with van der Waals surface area (Å²) in [4.78, 5) is 38.4. The van der Waals surface area contributed by atoms with E-state index in [-0.39, 0.29) is 30.2 Å². The average molecular weight is 432 g/mol. The number of benzene rings is 2. The normalized spacial score (nSPS) is 13.0. The molecule has 1 aliphatic heterocycles. The molecule has 2 aromatic rings. The minimum atomic E-state index is -0.546. The molecule has 0 unspecified atom stereocenters. The molecule has 140 valence electrons. The topological polar surface area (TPSA) is 72.9 Å². The van der Waals surface area contributed by atoms with E-state index in [0.29, 0.717) is 18.6 Å². The van der Waals surface area contributed by atoms with Gasteiger partial charge in [0.15, 0.2) is 0 Å². The third kappa shape index (κ3) is 4.26. The minimum absolute atomic E-state index is 0.116. The van der Waals surface area contributed by atoms with Crippen LogP contribution in [0.5, 0.6) is 0 Å². The Morgan fingerprint density at radius 1 is 1.07 bits per heavy atom. The molecule has 0 fully saturated rings. The summed E-state index contributed by atoms with van der Waals surface area (Å²) in [6, 6.07) is 11.9. The van der Waals surface area contributed by atoms with E-state index >= 15 is 0 Å². The molecule has 0 spiro atoms. The van der Waals surface area contributed by atoms with Crippen LogP contribution in [0.1, 0.15) is 43.1 Å². The van der Waals surface area contributed by atoms with Crippen LogP contribution in [-0.2, 0) is 16.1 Å². The van der Waals surface area contributed by atoms with E-state index in [9.17, 15) is 14.4 Å². The molecule has 0 aliphatic carbocycles. The monoisotopic (exact) mass is 431 g/mol. The van der Waals surface area contributed by atoms with Crippen molar-refractivity contribution in [2.75, 3.05) is 20.3 Å². The predicted molar refractivity (Wildman–Crippen MR) is 102 cm³/mol. The van der Waals surface area contributed by atoms with Crippen LogP contribution in [0, 0.1) is 0 Å². The second-order valence-electron chi connectivity index (χ2n) is 6.07. The molecule has 0 saturated heterocycles. The largest absolute Gasteiger partial charge is 0.457 e. The lowest BCUT2D eigenvalue weighted by Gasteiger charge is -2.12. The Morgan fingerprint density at radius 3 is 2.59 bits per heavy atom. The van der Waals surface area contributed by atoms with Crippen molar-refractivity contribution in [3.8, 4) is 0 Å². The first-order chi connectivity index (χ1) is 13.0. The van der Waals surface area contributed by atoms with Gasteiger partial charge in [0.2, 0.25) is 0 Å². The zero-order valence-corrected chi connectivity index (χ0v) is 16.3. The molecule has 0 radical (unpaired) electrons. The Labute approximate surface area is 165 Å². The van der Waals surface area contributed by atoms with E-state index in [4.69, 9.17) is 9.47 Å². The van der Waals surface area contributed by atoms with Crippen LogP contribution >= 0.6 is 15.9 Å². The molecule has 7 heteroatoms. The van der Waals surface area contributed by atoms with E-state index in [1.165, 1.54) is 23.1 Å². The molecule has 6 nitrogen and oxygen atoms in total. The Bertz CT molecular complexity index is 896. The minimum Gasteiger partial charge on any atom is -0.457 e. The van der Waals surface area contributed by atoms with Gasteiger partial charge < -0.3 is 9.47 Å². The summed E-state index contributed by atoms with van der Waals surface area (Å²) in [6.45, 7) is 0.856. The van der Waals surface area contributed by atoms with Crippen molar-refractivity contribution in [3.05, 3.63) is 69.2 Å². The second kappa shape index (κ2) is 8.45. The highest BCUT2D eigenvalue weighted by Gasteiger charge is 2.35. The van der Waals surface area contributed by atoms with Gasteiger partial charge >= 0.3 is 5.97 Å². The van der Waals surface area contributed by atoms with Gasteiger partial charge in [0.1, 0.15) is 6.61 Å². The summed E-state index contributed by atoms with van der Waals surface area (Å²) >= 11 is 3.37. The van der Waals surface area contributed by atoms with Crippen LogP contribution in [0.2, 0.25) is 0 Å². The number of esters is 1. The Kier molecular flexibility index (Phi) is 6.03. The second-order valence-corrected chi connectivity index (χ2v) is 6.99. The number of rotatable bonds is 7. The van der Waals surface area contributed by atoms with Crippen molar-refractivity contribution in [1.82, 2.24) is 4.90 Å². The van der Waals surface area contributed by atoms with Crippen LogP contribution in [0.15, 0.2) is 46.9 Å². The van der Waals surface area contributed by atoms with Crippen LogP contribution in [0.25, 0.3) is 0 Å². The molecule has 27 heavy (non-hydrogen) atoms. The van der Waals surface area contributed by atoms with Crippen molar-refractivity contribution in [3.63, 3.8) is 0 Å². The quantitative estimate of drug-likeness (QED) is 0.381. The van der Waals surface area contributed by atoms with Crippen molar-refractivity contribution < 1.29 is 23.9 Å². The van der Waals surface area contributed by atoms with Crippen molar-refractivity contribution in [2.24, 2.45) is 0 Å². The molecule has 0 N–H and O–H groups in total. The molecule has 3 rings (SSSR count). The van der Waals surface area contributed by atoms with E-state index in [1.54, 1.807) is 7.11 Å². The molecule has 0 atom stereocenters. The summed E-state index contributed by atoms with van der Waals surface area (Å²) in [5.41, 5.74) is 1.62. The number of amides is 2. The fourth-order valence-electron chi connectivity index (χ4n) is 2.85. The van der Waals surface area contributed by atoms with Gasteiger partial charge in [-0.1, -0.05) is 28.1 Å². The first-order valence-corrected chi connectivity index (χ1v) is 9.21. The first-order valence-electron chi connectivity index (χ1n) is 8.42. The zero-order valence-electron chi connectivity index (χ0n) is 14.7. The lowest BCUT2D eigenvalue weighted by molar-refractivity contribution is 0.0472. The average Bonchev–Trinajstić information content (AvgIpc) is 2.90. The van der Waals surface area contributed by atoms with Crippen LogP contribution in [-0.4, -0.2) is 42.9 Å². The molecule has 0 saturated carbocycles. The highest BCUT2D eigenvalue weighted by molar-refractivity contribution is 9.10. The number of carbonyl (C=O) groups is 3. The first kappa shape index (κ1) is 19.3. The number of methoxy groups -OCH3 is 1. The molecule has 2 aromatic carbocycles. The number of carbonyl (C=O) groups excluding carboxylic acids is 3. The summed E-state index contributed by atoms with van der Waals surface area (Å²) in [7, 11) is 1.56. The number of nitrogens with zero attached hydrogens (tertiary/aromatic N) is 1. The molecular weight excluding hydrogens is 414 g/mol. The fraction of sp³-hybridized carbons (Fsp3) is 0.250. The summed E-state index contributed by atoms with van der Waals surface area (Å²) < 4.78 is 11.2. The summed E-state index contributed by atoms with van der Waals surface area (Å²) in [5.74, 6) is -1.29. The molecule has 0 bridgehead atoms. The third-order valence-electron chi connectivity index (χ3n) is 4.20. The number of fused-ring (bicyclic) bond motifs is 1. The maximum atomic E-state index is 12.5. The van der Waals surface area contributed by atoms with Crippen LogP contribution in [0.3, 0.4) is 0 Å². The van der Waals surface area contributed by atoms with Crippen LogP contribution in [0.4, 0.5) is 0 Å². The Balaban J connectivity index is 1.70. The number of imide groups is 1. The summed E-state index contributed by atoms with van der Waals surface area (Å²) in [6.07, 6.45) is 0.559. The van der Waals surface area contributed by atoms with Gasteiger partial charge in [-0.3, -0.25) is 14.5 Å². The molecular formula is C20H18BrNO5. The van der Waals surface area contributed by atoms with Crippen molar-refractivity contribution in [1.29, 1.82) is 0 Å². The van der Waals surface area contributed by atoms with E-state index in [2.05, 4.69) is 15.9 Å². The van der Waals surface area contributed by atoms with Gasteiger partial charge in [-0.05, 0) is 42.3 Å². The molecule has 1 aliphatic rings. The lowest BCUT2D eigenvalue weighted by Crippen LogP contribution is -2.31. The van der Waals surface area contributed by atoms with Gasteiger partial charge in [0.05, 0.1) is 16.7 Å². The van der Waals surface area contributed by atoms with E-state index in [1.807, 2.05) is 24.3 Å². The van der Waals surface area contributed by atoms with Gasteiger partial charge in [-0.15, -0.1) is 0 Å². The van der Waals surface area contributed by atoms with Crippen molar-refractivity contribution >= 4 is 33.7 Å². The smallest absolute Gasteiger partial charge is 0.338 e. The van der Waals surface area contributed by atoms with Gasteiger partial charge in [-0.25, -0.2) is 4.79 Å². The third-order valence-corrected chi connectivity index (χ3v) is 4.69. The number of hydrogen-bond donors (Lipinski definition) is 0. The fourth-order valence-corrected chi connectivity index (χ4v) is 3.29. The maximum Gasteiger partial charge on any atom is 0.338 e. The van der Waals surface area contributed by atoms with E-state index in [0.717, 1.165) is 10.0 Å². The Hall–Kier alpha value is -2.51. The standard InChI is InChI=1S/C20H18BrNO5/c1-26-9-3-8-22-18(23)16-7-6-14(11-17(16)19(22)24)20(25)27-12-13-4-2-5-15(21)10-13/h2,4-7,10-11H,3,8-9,12H2,1H3. The molecule has 1 heterocycles. The highest BCUT2D eigenvalue weighted by Crippen LogP contribution is 2.24. The zero-order chi connectivity index (χ0) is 19.4.